The van der Waals surface area contributed by atoms with Gasteiger partial charge in [-0.2, -0.15) is 0 Å². The fourth-order valence-electron chi connectivity index (χ4n) is 5.92. The van der Waals surface area contributed by atoms with E-state index in [9.17, 15) is 9.59 Å². The zero-order valence-corrected chi connectivity index (χ0v) is 41.1. The number of rotatable bonds is 8. The lowest BCUT2D eigenvalue weighted by atomic mass is 9.84. The molecule has 0 amide bonds. The number of carbonyl (C=O) groups excluding carboxylic acids is 2. The third-order valence-corrected chi connectivity index (χ3v) is 13.2. The van der Waals surface area contributed by atoms with Crippen LogP contribution in [0.25, 0.3) is 0 Å². The molecule has 0 bridgehead atoms. The van der Waals surface area contributed by atoms with E-state index in [0.29, 0.717) is 38.0 Å². The highest BCUT2D eigenvalue weighted by atomic mass is 79.9. The van der Waals surface area contributed by atoms with Gasteiger partial charge in [-0.25, -0.2) is 0 Å². The van der Waals surface area contributed by atoms with Gasteiger partial charge >= 0.3 is 7.12 Å². The molecule has 60 heavy (non-hydrogen) atoms. The van der Waals surface area contributed by atoms with Crippen molar-refractivity contribution in [2.75, 3.05) is 0 Å². The van der Waals surface area contributed by atoms with E-state index in [0.717, 1.165) is 66.8 Å². The summed E-state index contributed by atoms with van der Waals surface area (Å²) >= 11 is 39.1. The van der Waals surface area contributed by atoms with Gasteiger partial charge in [-0.3, -0.25) is 9.59 Å². The van der Waals surface area contributed by atoms with Gasteiger partial charge < -0.3 is 15.2 Å². The van der Waals surface area contributed by atoms with Crippen LogP contribution in [0.15, 0.2) is 106 Å². The highest BCUT2D eigenvalue weighted by Crippen LogP contribution is 2.45. The van der Waals surface area contributed by atoms with Crippen molar-refractivity contribution < 1.29 is 24.7 Å². The van der Waals surface area contributed by atoms with Crippen molar-refractivity contribution in [2.45, 2.75) is 86.9 Å². The Morgan fingerprint density at radius 3 is 1.37 bits per heavy atom. The molecule has 0 unspecified atom stereocenters. The minimum atomic E-state index is -1.04. The van der Waals surface area contributed by atoms with E-state index in [2.05, 4.69) is 59.9 Å². The molecule has 14 heteroatoms. The Kier molecular flexibility index (Phi) is 22.2. The van der Waals surface area contributed by atoms with Crippen molar-refractivity contribution in [3.63, 3.8) is 0 Å². The van der Waals surface area contributed by atoms with E-state index >= 15 is 0 Å². The third-order valence-electron chi connectivity index (χ3n) is 9.81. The van der Waals surface area contributed by atoms with Crippen molar-refractivity contribution >= 4 is 125 Å². The van der Waals surface area contributed by atoms with Crippen molar-refractivity contribution in [3.8, 4) is 0 Å². The number of benzene rings is 5. The summed E-state index contributed by atoms with van der Waals surface area (Å²) in [4.78, 5) is 21.0. The van der Waals surface area contributed by atoms with Gasteiger partial charge in [-0.15, -0.1) is 0 Å². The zero-order chi connectivity index (χ0) is 43.8. The molecule has 4 aliphatic rings. The fraction of sp³-hybridized carbons (Fsp3) is 0.304. The fourth-order valence-corrected chi connectivity index (χ4v) is 8.94. The molecule has 0 aromatic heterocycles. The minimum absolute atomic E-state index is 0.0610. The first-order valence-corrected chi connectivity index (χ1v) is 24.0. The van der Waals surface area contributed by atoms with Gasteiger partial charge in [0, 0.05) is 40.5 Å². The molecular weight excluding hydrogens is 1060 g/mol. The summed E-state index contributed by atoms with van der Waals surface area (Å²) in [6, 6.07) is 30.5. The van der Waals surface area contributed by atoms with E-state index < -0.39 is 7.12 Å². The van der Waals surface area contributed by atoms with Crippen molar-refractivity contribution in [1.82, 2.24) is 0 Å². The monoisotopic (exact) mass is 1100 g/mol. The number of carbonyl (C=O) groups is 2. The molecule has 0 aliphatic heterocycles. The van der Waals surface area contributed by atoms with Crippen LogP contribution in [0.3, 0.4) is 0 Å². The molecule has 0 saturated heterocycles. The van der Waals surface area contributed by atoms with E-state index in [1.54, 1.807) is 24.3 Å². The Morgan fingerprint density at radius 2 is 1.00 bits per heavy atom. The molecule has 4 saturated carbocycles. The van der Waals surface area contributed by atoms with Gasteiger partial charge in [0.1, 0.15) is 0 Å². The Bertz CT molecular complexity index is 2060. The minimum Gasteiger partial charge on any atom is -0.427 e. The normalized spacial score (nSPS) is 14.7. The average Bonchev–Trinajstić information content (AvgIpc) is 4.04. The van der Waals surface area contributed by atoms with E-state index in [1.807, 2.05) is 60.7 Å². The quantitative estimate of drug-likeness (QED) is 0.0818. The zero-order valence-electron chi connectivity index (χ0n) is 32.5. The maximum atomic E-state index is 10.7. The highest BCUT2D eigenvalue weighted by molar-refractivity contribution is 9.10. The summed E-state index contributed by atoms with van der Waals surface area (Å²) in [5.74, 6) is 2.25. The molecule has 0 radical (unpaired) electrons. The predicted octanol–water partition coefficient (Wildman–Crippen LogP) is 15.5. The lowest BCUT2D eigenvalue weighted by Crippen LogP contribution is -2.09. The van der Waals surface area contributed by atoms with Crippen LogP contribution in [0.5, 0.6) is 0 Å². The summed E-state index contributed by atoms with van der Waals surface area (Å²) in [5.41, 5.74) is 7.19. The van der Waals surface area contributed by atoms with Crippen LogP contribution in [-0.2, 0) is 11.9 Å². The number of hydrogen-bond donors (Lipinski definition) is 3. The summed E-state index contributed by atoms with van der Waals surface area (Å²) in [5, 5.41) is 29.9. The molecule has 4 aliphatic carbocycles. The predicted molar refractivity (Wildman–Crippen MR) is 261 cm³/mol. The second-order valence-electron chi connectivity index (χ2n) is 14.5. The smallest absolute Gasteiger partial charge is 0.427 e. The second kappa shape index (κ2) is 26.2. The van der Waals surface area contributed by atoms with Crippen molar-refractivity contribution in [2.24, 2.45) is 0 Å². The Balaban J connectivity index is 0.000000161. The van der Waals surface area contributed by atoms with Crippen LogP contribution in [0.1, 0.15) is 118 Å². The average molecular weight is 1110 g/mol. The second-order valence-corrected chi connectivity index (χ2v) is 18.9. The first kappa shape index (κ1) is 50.9. The number of aldehydes is 2. The van der Waals surface area contributed by atoms with Gasteiger partial charge in [0.05, 0.1) is 16.7 Å². The van der Waals surface area contributed by atoms with Gasteiger partial charge in [-0.05, 0) is 138 Å². The third kappa shape index (κ3) is 17.1. The Labute approximate surface area is 403 Å². The van der Waals surface area contributed by atoms with Crippen LogP contribution >= 0.6 is 106 Å². The molecule has 0 atom stereocenters. The van der Waals surface area contributed by atoms with Crippen molar-refractivity contribution in [3.05, 3.63) is 170 Å². The molecule has 5 nitrogen and oxygen atoms in total. The molecule has 3 N–H and O–H groups in total. The molecule has 318 valence electrons. The summed E-state index contributed by atoms with van der Waals surface area (Å²) < 4.78 is 1.75. The first-order chi connectivity index (χ1) is 28.8. The van der Waals surface area contributed by atoms with Gasteiger partial charge in [-0.1, -0.05) is 167 Å². The van der Waals surface area contributed by atoms with Crippen LogP contribution in [0.4, 0.5) is 0 Å². The molecule has 4 fully saturated rings. The van der Waals surface area contributed by atoms with Gasteiger partial charge in [0.25, 0.3) is 0 Å². The number of aliphatic hydroxyl groups excluding tert-OH is 1. The Hall–Kier alpha value is -1.73. The standard InChI is InChI=1S/C10H10BrCl.C10H11ClO.C10H9ClO.C7H4BrClO.C6H4BrCl.C3H7BO2/c11-6-9-8(7-4-5-7)2-1-3-10(9)12;2*11-10-3-1-2-8(7-4-5-7)9(10)6-12;8-6-2-1-3-7(9)5(6)4-10;7-5-2-1-3-6(8)4-5;5-4(6)3-1-2-3/h1-3,7H,4-6H2;1-3,7,12H,4-6H2;1-3,6-7H,4-5H2;1-4H;1-4H;3,5-6H,1-2H2. The van der Waals surface area contributed by atoms with Crippen LogP contribution < -0.4 is 0 Å². The maximum Gasteiger partial charge on any atom is 0.454 e. The number of hydrogen-bond acceptors (Lipinski definition) is 5. The van der Waals surface area contributed by atoms with Crippen LogP contribution in [-0.4, -0.2) is 34.8 Å². The molecule has 0 spiro atoms. The SMILES string of the molecule is Clc1cccc(Br)c1.Clc1cccc(C2CC2)c1CBr.O=Cc1c(Cl)cccc1Br.O=Cc1c(Cl)cccc1C1CC1.OB(O)C1CC1.OCc1c(Cl)cccc1C1CC1. The lowest BCUT2D eigenvalue weighted by molar-refractivity contribution is 0.111. The number of halogens is 8. The first-order valence-electron chi connectivity index (χ1n) is 19.4. The molecule has 5 aromatic carbocycles. The van der Waals surface area contributed by atoms with Crippen LogP contribution in [0, 0.1) is 0 Å². The number of alkyl halides is 1. The van der Waals surface area contributed by atoms with Crippen LogP contribution in [0.2, 0.25) is 30.9 Å². The molecule has 9 rings (SSSR count). The van der Waals surface area contributed by atoms with E-state index in [-0.39, 0.29) is 12.4 Å². The molecule has 5 aromatic rings. The van der Waals surface area contributed by atoms with E-state index in [1.165, 1.54) is 55.2 Å². The maximum absolute atomic E-state index is 10.7. The van der Waals surface area contributed by atoms with E-state index in [4.69, 9.17) is 73.2 Å². The van der Waals surface area contributed by atoms with Crippen molar-refractivity contribution in [1.29, 1.82) is 0 Å². The number of aliphatic hydroxyl groups is 1. The lowest BCUT2D eigenvalue weighted by Gasteiger charge is -2.06. The van der Waals surface area contributed by atoms with Gasteiger partial charge in [0.2, 0.25) is 0 Å². The highest BCUT2D eigenvalue weighted by Gasteiger charge is 2.33. The summed E-state index contributed by atoms with van der Waals surface area (Å²) in [7, 11) is -1.04. The largest absolute Gasteiger partial charge is 0.454 e. The molecule has 0 heterocycles. The summed E-state index contributed by atoms with van der Waals surface area (Å²) in [6.07, 6.45) is 11.1. The van der Waals surface area contributed by atoms with Gasteiger partial charge in [0.15, 0.2) is 12.6 Å². The summed E-state index contributed by atoms with van der Waals surface area (Å²) in [6.45, 7) is 0.0610. The topological polar surface area (TPSA) is 94.8 Å². The molecular formula is C46H45BBr3Cl5O5. The Morgan fingerprint density at radius 1 is 0.567 bits per heavy atom.